The minimum atomic E-state index is -1.59. The number of methoxy groups -OCH3 is 1. The molecule has 0 aliphatic carbocycles. The molecular weight excluding hydrogens is 392 g/mol. The number of carbonyl (C=O) groups is 3. The molecule has 1 aromatic heterocycles. The summed E-state index contributed by atoms with van der Waals surface area (Å²) in [7, 11) is 1.26. The number of carboxylic acid groups (broad SMARTS) is 2. The minimum Gasteiger partial charge on any atom is -0.478 e. The molecule has 2 aromatic carbocycles. The molecule has 3 rings (SSSR count). The first-order chi connectivity index (χ1) is 14.2. The molecule has 30 heavy (non-hydrogen) atoms. The summed E-state index contributed by atoms with van der Waals surface area (Å²) in [6.07, 6.45) is 0. The number of carboxylic acids is 2. The predicted molar refractivity (Wildman–Crippen MR) is 108 cm³/mol. The summed E-state index contributed by atoms with van der Waals surface area (Å²) in [6.45, 7) is 0. The van der Waals surface area contributed by atoms with E-state index in [4.69, 9.17) is 10.5 Å². The maximum absolute atomic E-state index is 12.2. The predicted octanol–water partition coefficient (Wildman–Crippen LogP) is 2.47. The van der Waals surface area contributed by atoms with Crippen molar-refractivity contribution in [3.63, 3.8) is 0 Å². The Morgan fingerprint density at radius 1 is 0.900 bits per heavy atom. The molecule has 3 aromatic rings. The monoisotopic (exact) mass is 408 g/mol. The highest BCUT2D eigenvalue weighted by Gasteiger charge is 2.26. The average Bonchev–Trinajstić information content (AvgIpc) is 2.72. The number of aromatic nitrogens is 1. The summed E-state index contributed by atoms with van der Waals surface area (Å²) in [4.78, 5) is 49.5. The number of anilines is 1. The number of aromatic carboxylic acids is 2. The number of ether oxygens (including phenoxy) is 1. The van der Waals surface area contributed by atoms with Crippen LogP contribution in [0.5, 0.6) is 0 Å². The zero-order chi connectivity index (χ0) is 22.0. The quantitative estimate of drug-likeness (QED) is 0.468. The van der Waals surface area contributed by atoms with Gasteiger partial charge in [-0.1, -0.05) is 30.3 Å². The highest BCUT2D eigenvalue weighted by molar-refractivity contribution is 6.07. The van der Waals surface area contributed by atoms with Crippen LogP contribution in [-0.2, 0) is 4.74 Å². The summed E-state index contributed by atoms with van der Waals surface area (Å²) in [5.74, 6) is -4.06. The van der Waals surface area contributed by atoms with Gasteiger partial charge in [0.25, 0.3) is 5.56 Å². The SMILES string of the molecule is COC(=O)c1cccc(-c2cccc(-c3c(C(=O)O)c(N)[nH]c(=O)c3C(=O)O)c2)c1. The van der Waals surface area contributed by atoms with Gasteiger partial charge in [-0.2, -0.15) is 0 Å². The second-order valence-electron chi connectivity index (χ2n) is 6.26. The van der Waals surface area contributed by atoms with E-state index in [0.29, 0.717) is 16.7 Å². The number of esters is 1. The summed E-state index contributed by atoms with van der Waals surface area (Å²) in [5, 5.41) is 19.1. The van der Waals surface area contributed by atoms with Crippen LogP contribution in [0.25, 0.3) is 22.3 Å². The molecule has 0 radical (unpaired) electrons. The maximum Gasteiger partial charge on any atom is 0.342 e. The molecule has 0 atom stereocenters. The number of nitrogen functional groups attached to an aromatic ring is 1. The Bertz CT molecular complexity index is 1240. The smallest absolute Gasteiger partial charge is 0.342 e. The number of aromatic amines is 1. The van der Waals surface area contributed by atoms with Crippen LogP contribution in [0.15, 0.2) is 53.3 Å². The van der Waals surface area contributed by atoms with Crippen molar-refractivity contribution in [1.82, 2.24) is 4.98 Å². The molecule has 0 bridgehead atoms. The molecule has 0 aliphatic heterocycles. The van der Waals surface area contributed by atoms with Gasteiger partial charge in [0, 0.05) is 5.56 Å². The van der Waals surface area contributed by atoms with Crippen molar-refractivity contribution >= 4 is 23.7 Å². The van der Waals surface area contributed by atoms with Gasteiger partial charge in [-0.3, -0.25) is 4.79 Å². The van der Waals surface area contributed by atoms with Crippen molar-refractivity contribution < 1.29 is 29.3 Å². The topological polar surface area (TPSA) is 160 Å². The number of hydrogen-bond donors (Lipinski definition) is 4. The Morgan fingerprint density at radius 3 is 2.07 bits per heavy atom. The number of carbonyl (C=O) groups excluding carboxylic acids is 1. The number of nitrogens with two attached hydrogens (primary N) is 1. The third-order valence-corrected chi connectivity index (χ3v) is 4.44. The third-order valence-electron chi connectivity index (χ3n) is 4.44. The van der Waals surface area contributed by atoms with Crippen molar-refractivity contribution in [2.24, 2.45) is 0 Å². The van der Waals surface area contributed by atoms with Crippen molar-refractivity contribution in [2.45, 2.75) is 0 Å². The molecule has 1 heterocycles. The van der Waals surface area contributed by atoms with Crippen LogP contribution in [0.2, 0.25) is 0 Å². The molecule has 152 valence electrons. The fourth-order valence-corrected chi connectivity index (χ4v) is 3.13. The summed E-state index contributed by atoms with van der Waals surface area (Å²) >= 11 is 0. The molecule has 0 aliphatic rings. The second-order valence-corrected chi connectivity index (χ2v) is 6.26. The fourth-order valence-electron chi connectivity index (χ4n) is 3.13. The molecule has 9 heteroatoms. The average molecular weight is 408 g/mol. The lowest BCUT2D eigenvalue weighted by Crippen LogP contribution is -2.24. The summed E-state index contributed by atoms with van der Waals surface area (Å²) in [5.41, 5.74) is 4.73. The first-order valence-electron chi connectivity index (χ1n) is 8.56. The van der Waals surface area contributed by atoms with Crippen LogP contribution in [0, 0.1) is 0 Å². The van der Waals surface area contributed by atoms with E-state index in [2.05, 4.69) is 4.98 Å². The minimum absolute atomic E-state index is 0.170. The zero-order valence-corrected chi connectivity index (χ0v) is 15.6. The van der Waals surface area contributed by atoms with Gasteiger partial charge < -0.3 is 25.7 Å². The summed E-state index contributed by atoms with van der Waals surface area (Å²) < 4.78 is 4.71. The number of benzene rings is 2. The highest BCUT2D eigenvalue weighted by Crippen LogP contribution is 2.32. The van der Waals surface area contributed by atoms with Crippen LogP contribution in [-0.4, -0.2) is 40.2 Å². The van der Waals surface area contributed by atoms with E-state index in [1.165, 1.54) is 19.2 Å². The van der Waals surface area contributed by atoms with Crippen molar-refractivity contribution in [3.8, 4) is 22.3 Å². The Morgan fingerprint density at radius 2 is 1.47 bits per heavy atom. The first kappa shape index (κ1) is 20.3. The van der Waals surface area contributed by atoms with Gasteiger partial charge >= 0.3 is 17.9 Å². The summed E-state index contributed by atoms with van der Waals surface area (Å²) in [6, 6.07) is 12.8. The van der Waals surface area contributed by atoms with Crippen molar-refractivity contribution in [1.29, 1.82) is 0 Å². The lowest BCUT2D eigenvalue weighted by Gasteiger charge is -2.13. The normalized spacial score (nSPS) is 10.4. The van der Waals surface area contributed by atoms with Gasteiger partial charge in [0.05, 0.1) is 12.7 Å². The molecule has 0 saturated heterocycles. The number of pyridine rings is 1. The van der Waals surface area contributed by atoms with E-state index >= 15 is 0 Å². The molecule has 5 N–H and O–H groups in total. The lowest BCUT2D eigenvalue weighted by molar-refractivity contribution is 0.0599. The largest absolute Gasteiger partial charge is 0.478 e. The second kappa shape index (κ2) is 7.92. The number of H-pyrrole nitrogens is 1. The van der Waals surface area contributed by atoms with E-state index in [1.807, 2.05) is 0 Å². The molecule has 0 amide bonds. The molecule has 9 nitrogen and oxygen atoms in total. The zero-order valence-electron chi connectivity index (χ0n) is 15.6. The van der Waals surface area contributed by atoms with Crippen LogP contribution < -0.4 is 11.3 Å². The van der Waals surface area contributed by atoms with Crippen LogP contribution >= 0.6 is 0 Å². The highest BCUT2D eigenvalue weighted by atomic mass is 16.5. The Balaban J connectivity index is 2.28. The van der Waals surface area contributed by atoms with E-state index in [0.717, 1.165) is 0 Å². The van der Waals surface area contributed by atoms with Gasteiger partial charge in [0.15, 0.2) is 0 Å². The van der Waals surface area contributed by atoms with Gasteiger partial charge in [-0.25, -0.2) is 14.4 Å². The van der Waals surface area contributed by atoms with E-state index < -0.39 is 40.4 Å². The van der Waals surface area contributed by atoms with Crippen LogP contribution in [0.1, 0.15) is 31.1 Å². The Hall–Kier alpha value is -4.40. The molecular formula is C21H16N2O7. The standard InChI is InChI=1S/C21H16N2O7/c1-30-21(29)13-7-3-5-11(9-13)10-4-2-6-12(8-10)14-15(19(25)26)17(22)23-18(24)16(14)20(27)28/h2-9H,1H3,(H,25,26)(H,27,28)(H3,22,23,24). The number of rotatable bonds is 5. The van der Waals surface area contributed by atoms with Crippen LogP contribution in [0.3, 0.4) is 0 Å². The van der Waals surface area contributed by atoms with Gasteiger partial charge in [0.1, 0.15) is 16.9 Å². The van der Waals surface area contributed by atoms with E-state index in [9.17, 15) is 29.4 Å². The van der Waals surface area contributed by atoms with Crippen molar-refractivity contribution in [2.75, 3.05) is 12.8 Å². The molecule has 0 unspecified atom stereocenters. The maximum atomic E-state index is 12.2. The third kappa shape index (κ3) is 3.63. The van der Waals surface area contributed by atoms with Gasteiger partial charge in [-0.05, 0) is 34.9 Å². The van der Waals surface area contributed by atoms with Gasteiger partial charge in [0.2, 0.25) is 0 Å². The van der Waals surface area contributed by atoms with E-state index in [-0.39, 0.29) is 11.1 Å². The Kier molecular flexibility index (Phi) is 5.37. The fraction of sp³-hybridized carbons (Fsp3) is 0.0476. The Labute approximate surface area is 169 Å². The first-order valence-corrected chi connectivity index (χ1v) is 8.56. The molecule has 0 saturated carbocycles. The van der Waals surface area contributed by atoms with Gasteiger partial charge in [-0.15, -0.1) is 0 Å². The van der Waals surface area contributed by atoms with E-state index in [1.54, 1.807) is 36.4 Å². The molecule has 0 spiro atoms. The number of hydrogen-bond acceptors (Lipinski definition) is 6. The molecule has 0 fully saturated rings. The number of nitrogens with one attached hydrogen (secondary N) is 1. The van der Waals surface area contributed by atoms with Crippen LogP contribution in [0.4, 0.5) is 5.82 Å². The van der Waals surface area contributed by atoms with Crippen molar-refractivity contribution in [3.05, 3.63) is 75.6 Å². The lowest BCUT2D eigenvalue weighted by atomic mass is 9.92.